The molecule has 122 valence electrons. The summed E-state index contributed by atoms with van der Waals surface area (Å²) in [7, 11) is 0. The van der Waals surface area contributed by atoms with E-state index < -0.39 is 17.4 Å². The molecule has 1 aromatic carbocycles. The maximum absolute atomic E-state index is 12.4. The number of carboxylic acids is 1. The third-order valence-electron chi connectivity index (χ3n) is 3.82. The molecule has 2 N–H and O–H groups in total. The fraction of sp³-hybridized carbons (Fsp3) is 0.353. The van der Waals surface area contributed by atoms with Gasteiger partial charge in [0.15, 0.2) is 11.2 Å². The van der Waals surface area contributed by atoms with Crippen molar-refractivity contribution < 1.29 is 19.2 Å². The van der Waals surface area contributed by atoms with E-state index in [0.29, 0.717) is 11.3 Å². The molecule has 1 amide bonds. The van der Waals surface area contributed by atoms with E-state index in [1.165, 1.54) is 6.07 Å². The molecular formula is C17H20N2O4. The van der Waals surface area contributed by atoms with Crippen molar-refractivity contribution in [3.8, 4) is 0 Å². The molecule has 0 bridgehead atoms. The Morgan fingerprint density at radius 2 is 1.96 bits per heavy atom. The summed E-state index contributed by atoms with van der Waals surface area (Å²) in [6, 6.07) is 10.2. The predicted octanol–water partition coefficient (Wildman–Crippen LogP) is 2.92. The van der Waals surface area contributed by atoms with Gasteiger partial charge < -0.3 is 14.9 Å². The van der Waals surface area contributed by atoms with E-state index in [0.717, 1.165) is 0 Å². The fourth-order valence-corrected chi connectivity index (χ4v) is 2.34. The SMILES string of the molecule is CCC(NC(=O)c1cc(C(C)C)on1)(C(=O)O)c1ccccc1. The van der Waals surface area contributed by atoms with Gasteiger partial charge >= 0.3 is 5.97 Å². The molecule has 0 fully saturated rings. The van der Waals surface area contributed by atoms with Crippen LogP contribution in [0.3, 0.4) is 0 Å². The van der Waals surface area contributed by atoms with Crippen LogP contribution in [-0.2, 0) is 10.3 Å². The van der Waals surface area contributed by atoms with E-state index in [-0.39, 0.29) is 18.0 Å². The summed E-state index contributed by atoms with van der Waals surface area (Å²) in [5.74, 6) is -1.03. The number of nitrogens with one attached hydrogen (secondary N) is 1. The highest BCUT2D eigenvalue weighted by Gasteiger charge is 2.40. The van der Waals surface area contributed by atoms with Crippen LogP contribution in [0.2, 0.25) is 0 Å². The van der Waals surface area contributed by atoms with Crippen molar-refractivity contribution in [3.63, 3.8) is 0 Å². The maximum Gasteiger partial charge on any atom is 0.334 e. The first-order valence-corrected chi connectivity index (χ1v) is 7.48. The van der Waals surface area contributed by atoms with E-state index in [9.17, 15) is 14.7 Å². The van der Waals surface area contributed by atoms with Gasteiger partial charge in [0, 0.05) is 12.0 Å². The van der Waals surface area contributed by atoms with Crippen molar-refractivity contribution in [2.75, 3.05) is 0 Å². The number of carboxylic acid groups (broad SMARTS) is 1. The monoisotopic (exact) mass is 316 g/mol. The topological polar surface area (TPSA) is 92.4 Å². The van der Waals surface area contributed by atoms with E-state index >= 15 is 0 Å². The second kappa shape index (κ2) is 6.64. The van der Waals surface area contributed by atoms with Gasteiger partial charge in [-0.05, 0) is 12.0 Å². The van der Waals surface area contributed by atoms with E-state index in [2.05, 4.69) is 10.5 Å². The molecule has 1 aromatic heterocycles. The van der Waals surface area contributed by atoms with Crippen LogP contribution in [0, 0.1) is 0 Å². The van der Waals surface area contributed by atoms with Crippen LogP contribution in [0.25, 0.3) is 0 Å². The van der Waals surface area contributed by atoms with Crippen LogP contribution in [-0.4, -0.2) is 22.1 Å². The van der Waals surface area contributed by atoms with Gasteiger partial charge in [-0.3, -0.25) is 4.79 Å². The lowest BCUT2D eigenvalue weighted by molar-refractivity contribution is -0.145. The minimum atomic E-state index is -1.50. The Morgan fingerprint density at radius 1 is 1.30 bits per heavy atom. The number of hydrogen-bond acceptors (Lipinski definition) is 4. The number of carbonyl (C=O) groups is 2. The maximum atomic E-state index is 12.4. The molecule has 1 heterocycles. The van der Waals surface area contributed by atoms with Crippen LogP contribution < -0.4 is 5.32 Å². The highest BCUT2D eigenvalue weighted by molar-refractivity contribution is 5.96. The van der Waals surface area contributed by atoms with Crippen LogP contribution in [0.5, 0.6) is 0 Å². The first kappa shape index (κ1) is 16.7. The summed E-state index contributed by atoms with van der Waals surface area (Å²) in [6.07, 6.45) is 0.201. The van der Waals surface area contributed by atoms with Gasteiger partial charge in [-0.2, -0.15) is 0 Å². The first-order chi connectivity index (χ1) is 10.9. The van der Waals surface area contributed by atoms with Crippen molar-refractivity contribution in [3.05, 3.63) is 53.4 Å². The normalized spacial score (nSPS) is 13.6. The van der Waals surface area contributed by atoms with Crippen molar-refractivity contribution in [1.29, 1.82) is 0 Å². The van der Waals surface area contributed by atoms with Crippen LogP contribution >= 0.6 is 0 Å². The van der Waals surface area contributed by atoms with Crippen molar-refractivity contribution in [1.82, 2.24) is 10.5 Å². The number of benzene rings is 1. The third kappa shape index (κ3) is 3.26. The Morgan fingerprint density at radius 3 is 2.43 bits per heavy atom. The van der Waals surface area contributed by atoms with Crippen molar-refractivity contribution >= 4 is 11.9 Å². The molecule has 2 rings (SSSR count). The van der Waals surface area contributed by atoms with Gasteiger partial charge in [0.2, 0.25) is 0 Å². The number of aromatic nitrogens is 1. The minimum absolute atomic E-state index is 0.0729. The average Bonchev–Trinajstić information content (AvgIpc) is 3.03. The van der Waals surface area contributed by atoms with Crippen LogP contribution in [0.4, 0.5) is 0 Å². The van der Waals surface area contributed by atoms with Gasteiger partial charge in [-0.1, -0.05) is 56.3 Å². The minimum Gasteiger partial charge on any atom is -0.479 e. The average molecular weight is 316 g/mol. The first-order valence-electron chi connectivity index (χ1n) is 7.48. The van der Waals surface area contributed by atoms with E-state index in [1.807, 2.05) is 13.8 Å². The van der Waals surface area contributed by atoms with Gasteiger partial charge in [-0.25, -0.2) is 4.79 Å². The zero-order valence-electron chi connectivity index (χ0n) is 13.4. The fourth-order valence-electron chi connectivity index (χ4n) is 2.34. The number of nitrogens with zero attached hydrogens (tertiary/aromatic N) is 1. The lowest BCUT2D eigenvalue weighted by Crippen LogP contribution is -2.51. The number of hydrogen-bond donors (Lipinski definition) is 2. The molecule has 6 nitrogen and oxygen atoms in total. The van der Waals surface area contributed by atoms with Gasteiger partial charge in [0.1, 0.15) is 5.76 Å². The molecule has 2 aromatic rings. The zero-order valence-corrected chi connectivity index (χ0v) is 13.4. The van der Waals surface area contributed by atoms with Gasteiger partial charge in [-0.15, -0.1) is 0 Å². The molecule has 0 aliphatic rings. The lowest BCUT2D eigenvalue weighted by atomic mass is 9.87. The Hall–Kier alpha value is -2.63. The molecule has 0 radical (unpaired) electrons. The molecule has 23 heavy (non-hydrogen) atoms. The molecule has 1 unspecified atom stereocenters. The molecule has 0 spiro atoms. The van der Waals surface area contributed by atoms with Gasteiger partial charge in [0.05, 0.1) is 0 Å². The second-order valence-electron chi connectivity index (χ2n) is 5.65. The summed E-state index contributed by atoms with van der Waals surface area (Å²) in [5, 5.41) is 16.0. The van der Waals surface area contributed by atoms with Crippen LogP contribution in [0.1, 0.15) is 54.9 Å². The Labute approximate surface area is 134 Å². The predicted molar refractivity (Wildman–Crippen MR) is 84.1 cm³/mol. The summed E-state index contributed by atoms with van der Waals surface area (Å²) in [5.41, 5.74) is -0.922. The van der Waals surface area contributed by atoms with E-state index in [4.69, 9.17) is 4.52 Å². The summed E-state index contributed by atoms with van der Waals surface area (Å²) < 4.78 is 5.10. The summed E-state index contributed by atoms with van der Waals surface area (Å²) in [4.78, 5) is 24.3. The van der Waals surface area contributed by atoms with Crippen molar-refractivity contribution in [2.24, 2.45) is 0 Å². The number of rotatable bonds is 6. The Balaban J connectivity index is 2.34. The van der Waals surface area contributed by atoms with E-state index in [1.54, 1.807) is 37.3 Å². The smallest absolute Gasteiger partial charge is 0.334 e. The molecule has 1 atom stereocenters. The molecule has 0 saturated heterocycles. The lowest BCUT2D eigenvalue weighted by Gasteiger charge is -2.29. The second-order valence-corrected chi connectivity index (χ2v) is 5.65. The van der Waals surface area contributed by atoms with Gasteiger partial charge in [0.25, 0.3) is 5.91 Å². The molecule has 0 aliphatic heterocycles. The molecular weight excluding hydrogens is 296 g/mol. The molecule has 6 heteroatoms. The highest BCUT2D eigenvalue weighted by Crippen LogP contribution is 2.26. The molecule has 0 saturated carbocycles. The third-order valence-corrected chi connectivity index (χ3v) is 3.82. The van der Waals surface area contributed by atoms with Crippen molar-refractivity contribution in [2.45, 2.75) is 38.6 Å². The zero-order chi connectivity index (χ0) is 17.0. The van der Waals surface area contributed by atoms with Crippen LogP contribution in [0.15, 0.2) is 40.9 Å². The summed E-state index contributed by atoms with van der Waals surface area (Å²) >= 11 is 0. The number of amides is 1. The quantitative estimate of drug-likeness (QED) is 0.855. The standard InChI is InChI=1S/C17H20N2O4/c1-4-17(16(21)22,12-8-6-5-7-9-12)18-15(20)13-10-14(11(2)3)23-19-13/h5-11H,4H2,1-3H3,(H,18,20)(H,21,22). The number of carbonyl (C=O) groups excluding carboxylic acids is 1. The Kier molecular flexibility index (Phi) is 4.83. The molecule has 0 aliphatic carbocycles. The Bertz CT molecular complexity index is 694. The number of aliphatic carboxylic acids is 1. The summed E-state index contributed by atoms with van der Waals surface area (Å²) in [6.45, 7) is 5.54. The largest absolute Gasteiger partial charge is 0.479 e. The highest BCUT2D eigenvalue weighted by atomic mass is 16.5.